The summed E-state index contributed by atoms with van der Waals surface area (Å²) in [6, 6.07) is 19.5. The molecular formula is C22H18N2O4S2. The fourth-order valence-electron chi connectivity index (χ4n) is 3.35. The van der Waals surface area contributed by atoms with Crippen LogP contribution in [-0.2, 0) is 11.2 Å². The van der Waals surface area contributed by atoms with E-state index in [1.807, 2.05) is 30.3 Å². The van der Waals surface area contributed by atoms with E-state index in [1.165, 1.54) is 35.4 Å². The third-order valence-electron chi connectivity index (χ3n) is 4.84. The van der Waals surface area contributed by atoms with Gasteiger partial charge >= 0.3 is 5.97 Å². The molecule has 0 spiro atoms. The largest absolute Gasteiger partial charge is 0.457 e. The van der Waals surface area contributed by atoms with Gasteiger partial charge < -0.3 is 4.74 Å². The highest BCUT2D eigenvalue weighted by molar-refractivity contribution is 8.76. The van der Waals surface area contributed by atoms with Gasteiger partial charge in [0, 0.05) is 18.3 Å². The van der Waals surface area contributed by atoms with Crippen LogP contribution in [0.4, 0.5) is 5.69 Å². The number of non-ortho nitro benzene ring substituents is 1. The molecular weight excluding hydrogens is 420 g/mol. The first-order valence-electron chi connectivity index (χ1n) is 9.39. The number of esters is 1. The highest BCUT2D eigenvalue weighted by atomic mass is 33.1. The van der Waals surface area contributed by atoms with Crippen LogP contribution in [0.25, 0.3) is 0 Å². The maximum Gasteiger partial charge on any atom is 0.338 e. The van der Waals surface area contributed by atoms with Gasteiger partial charge in [-0.3, -0.25) is 10.1 Å². The van der Waals surface area contributed by atoms with Crippen LogP contribution in [0, 0.1) is 10.1 Å². The van der Waals surface area contributed by atoms with Crippen molar-refractivity contribution in [2.45, 2.75) is 29.2 Å². The first-order valence-corrected chi connectivity index (χ1v) is 11.6. The third kappa shape index (κ3) is 4.66. The zero-order valence-electron chi connectivity index (χ0n) is 15.8. The molecule has 8 heteroatoms. The van der Waals surface area contributed by atoms with Crippen LogP contribution >= 0.6 is 21.6 Å². The minimum absolute atomic E-state index is 0.0380. The molecule has 2 aromatic carbocycles. The van der Waals surface area contributed by atoms with E-state index in [9.17, 15) is 14.9 Å². The van der Waals surface area contributed by atoms with E-state index in [2.05, 4.69) is 17.1 Å². The molecule has 2 atom stereocenters. The monoisotopic (exact) mass is 438 g/mol. The van der Waals surface area contributed by atoms with Gasteiger partial charge in [-0.15, -0.1) is 0 Å². The van der Waals surface area contributed by atoms with Crippen LogP contribution in [0.2, 0.25) is 0 Å². The summed E-state index contributed by atoms with van der Waals surface area (Å²) in [5.74, 6) is -0.470. The SMILES string of the molecule is O=C(O[C@H]1CCc2ccccc2[C@@H]1SSc1ccccn1)c1ccc([N+](=O)[O-])cc1. The lowest BCUT2D eigenvalue weighted by atomic mass is 9.89. The van der Waals surface area contributed by atoms with Crippen molar-refractivity contribution in [1.29, 1.82) is 0 Å². The molecule has 0 amide bonds. The summed E-state index contributed by atoms with van der Waals surface area (Å²) in [6.45, 7) is 0. The fourth-order valence-corrected chi connectivity index (χ4v) is 6.02. The molecule has 1 heterocycles. The molecule has 0 fully saturated rings. The van der Waals surface area contributed by atoms with Gasteiger partial charge in [-0.1, -0.05) is 41.1 Å². The normalized spacial score (nSPS) is 17.7. The van der Waals surface area contributed by atoms with Crippen LogP contribution in [0.5, 0.6) is 0 Å². The summed E-state index contributed by atoms with van der Waals surface area (Å²) in [4.78, 5) is 27.4. The number of carbonyl (C=O) groups is 1. The molecule has 0 aliphatic heterocycles. The van der Waals surface area contributed by atoms with Crippen molar-refractivity contribution in [3.05, 3.63) is 99.7 Å². The van der Waals surface area contributed by atoms with Gasteiger partial charge in [-0.05, 0) is 59.0 Å². The van der Waals surface area contributed by atoms with E-state index in [4.69, 9.17) is 4.74 Å². The first-order chi connectivity index (χ1) is 14.6. The Bertz CT molecular complexity index is 1040. The Morgan fingerprint density at radius 1 is 1.07 bits per heavy atom. The Kier molecular flexibility index (Phi) is 6.35. The summed E-state index contributed by atoms with van der Waals surface area (Å²) < 4.78 is 5.87. The smallest absolute Gasteiger partial charge is 0.338 e. The molecule has 0 unspecified atom stereocenters. The molecule has 1 aliphatic carbocycles. The summed E-state index contributed by atoms with van der Waals surface area (Å²) in [7, 11) is 3.19. The van der Waals surface area contributed by atoms with Gasteiger partial charge in [0.15, 0.2) is 0 Å². The maximum absolute atomic E-state index is 12.7. The second kappa shape index (κ2) is 9.32. The Morgan fingerprint density at radius 2 is 1.83 bits per heavy atom. The molecule has 0 saturated carbocycles. The molecule has 1 aliphatic rings. The number of aromatic nitrogens is 1. The minimum atomic E-state index is -0.491. The number of ether oxygens (including phenoxy) is 1. The Balaban J connectivity index is 1.52. The lowest BCUT2D eigenvalue weighted by Gasteiger charge is -2.32. The molecule has 1 aromatic heterocycles. The van der Waals surface area contributed by atoms with Crippen molar-refractivity contribution in [2.75, 3.05) is 0 Å². The number of carbonyl (C=O) groups excluding carboxylic acids is 1. The zero-order chi connectivity index (χ0) is 20.9. The predicted molar refractivity (Wildman–Crippen MR) is 117 cm³/mol. The number of pyridine rings is 1. The first kappa shape index (κ1) is 20.4. The van der Waals surface area contributed by atoms with Gasteiger partial charge in [-0.2, -0.15) is 0 Å². The highest BCUT2D eigenvalue weighted by Gasteiger charge is 2.33. The number of hydrogen-bond donors (Lipinski definition) is 0. The number of nitro groups is 1. The lowest BCUT2D eigenvalue weighted by Crippen LogP contribution is -2.28. The van der Waals surface area contributed by atoms with Crippen molar-refractivity contribution in [3.63, 3.8) is 0 Å². The van der Waals surface area contributed by atoms with Gasteiger partial charge in [0.05, 0.1) is 15.7 Å². The van der Waals surface area contributed by atoms with Crippen LogP contribution in [0.15, 0.2) is 78.0 Å². The number of hydrogen-bond acceptors (Lipinski definition) is 7. The Labute approximate surface area is 181 Å². The number of fused-ring (bicyclic) bond motifs is 1. The molecule has 0 saturated heterocycles. The molecule has 0 bridgehead atoms. The van der Waals surface area contributed by atoms with E-state index in [-0.39, 0.29) is 17.0 Å². The fraction of sp³-hybridized carbons (Fsp3) is 0.182. The molecule has 30 heavy (non-hydrogen) atoms. The van der Waals surface area contributed by atoms with Gasteiger partial charge in [-0.25, -0.2) is 9.78 Å². The number of benzene rings is 2. The highest BCUT2D eigenvalue weighted by Crippen LogP contribution is 2.48. The minimum Gasteiger partial charge on any atom is -0.457 e. The zero-order valence-corrected chi connectivity index (χ0v) is 17.5. The van der Waals surface area contributed by atoms with E-state index < -0.39 is 10.9 Å². The predicted octanol–water partition coefficient (Wildman–Crippen LogP) is 5.64. The van der Waals surface area contributed by atoms with E-state index in [1.54, 1.807) is 27.8 Å². The van der Waals surface area contributed by atoms with Crippen molar-refractivity contribution in [2.24, 2.45) is 0 Å². The summed E-state index contributed by atoms with van der Waals surface area (Å²) >= 11 is 0. The topological polar surface area (TPSA) is 82.3 Å². The second-order valence-corrected chi connectivity index (χ2v) is 9.12. The van der Waals surface area contributed by atoms with E-state index in [0.717, 1.165) is 17.9 Å². The van der Waals surface area contributed by atoms with Crippen molar-refractivity contribution in [1.82, 2.24) is 4.98 Å². The van der Waals surface area contributed by atoms with Crippen LogP contribution < -0.4 is 0 Å². The van der Waals surface area contributed by atoms with Crippen molar-refractivity contribution < 1.29 is 14.5 Å². The third-order valence-corrected chi connectivity index (χ3v) is 7.54. The maximum atomic E-state index is 12.7. The molecule has 0 radical (unpaired) electrons. The lowest BCUT2D eigenvalue weighted by molar-refractivity contribution is -0.384. The number of nitro benzene ring substituents is 1. The average molecular weight is 439 g/mol. The van der Waals surface area contributed by atoms with Gasteiger partial charge in [0.1, 0.15) is 11.1 Å². The Morgan fingerprint density at radius 3 is 2.57 bits per heavy atom. The molecule has 152 valence electrons. The summed E-state index contributed by atoms with van der Waals surface area (Å²) in [6.07, 6.45) is 3.00. The van der Waals surface area contributed by atoms with Gasteiger partial charge in [0.25, 0.3) is 5.69 Å². The number of aryl methyl sites for hydroxylation is 1. The van der Waals surface area contributed by atoms with Crippen LogP contribution in [0.3, 0.4) is 0 Å². The van der Waals surface area contributed by atoms with E-state index in [0.29, 0.717) is 5.56 Å². The molecule has 6 nitrogen and oxygen atoms in total. The van der Waals surface area contributed by atoms with Crippen LogP contribution in [0.1, 0.15) is 33.2 Å². The molecule has 0 N–H and O–H groups in total. The second-order valence-electron chi connectivity index (χ2n) is 6.75. The number of rotatable bonds is 6. The van der Waals surface area contributed by atoms with E-state index >= 15 is 0 Å². The van der Waals surface area contributed by atoms with Crippen molar-refractivity contribution in [3.8, 4) is 0 Å². The summed E-state index contributed by atoms with van der Waals surface area (Å²) in [5.41, 5.74) is 2.68. The molecule has 3 aromatic rings. The Hall–Kier alpha value is -2.84. The van der Waals surface area contributed by atoms with Gasteiger partial charge in [0.2, 0.25) is 0 Å². The quantitative estimate of drug-likeness (QED) is 0.213. The molecule has 4 rings (SSSR count). The standard InChI is InChI=1S/C22H18N2O4S2/c25-22(16-8-11-17(12-9-16)24(26)27)28-19-13-10-15-5-1-2-6-18(15)21(19)30-29-20-7-3-4-14-23-20/h1-9,11-12,14,19,21H,10,13H2/t19-,21-/m0/s1. The van der Waals surface area contributed by atoms with Crippen molar-refractivity contribution >= 4 is 33.2 Å². The summed E-state index contributed by atoms with van der Waals surface area (Å²) in [5, 5.41) is 11.7. The average Bonchev–Trinajstić information content (AvgIpc) is 2.79. The number of nitrogens with zero attached hydrogens (tertiary/aromatic N) is 2. The van der Waals surface area contributed by atoms with Crippen LogP contribution in [-0.4, -0.2) is 22.0 Å².